The monoisotopic (exact) mass is 236 g/mol. The van der Waals surface area contributed by atoms with Crippen LogP contribution < -0.4 is 4.74 Å². The third-order valence-corrected chi connectivity index (χ3v) is 3.33. The zero-order chi connectivity index (χ0) is 12.5. The minimum absolute atomic E-state index is 0.282. The summed E-state index contributed by atoms with van der Waals surface area (Å²) < 4.78 is 10.8. The lowest BCUT2D eigenvalue weighted by Gasteiger charge is -2.41. The summed E-state index contributed by atoms with van der Waals surface area (Å²) in [6.07, 6.45) is 1.23. The minimum atomic E-state index is -0.809. The second kappa shape index (κ2) is 4.31. The number of benzene rings is 1. The van der Waals surface area contributed by atoms with E-state index in [4.69, 9.17) is 9.47 Å². The SMILES string of the molecule is COc1cccc(C2(O)CCOC(C)(C)C2)c1. The highest BCUT2D eigenvalue weighted by molar-refractivity contribution is 5.33. The molecular weight excluding hydrogens is 216 g/mol. The number of hydrogen-bond donors (Lipinski definition) is 1. The Morgan fingerprint density at radius 3 is 2.76 bits per heavy atom. The van der Waals surface area contributed by atoms with Crippen molar-refractivity contribution >= 4 is 0 Å². The molecule has 1 aliphatic heterocycles. The van der Waals surface area contributed by atoms with E-state index in [1.165, 1.54) is 0 Å². The van der Waals surface area contributed by atoms with Gasteiger partial charge < -0.3 is 14.6 Å². The molecule has 3 nitrogen and oxygen atoms in total. The van der Waals surface area contributed by atoms with E-state index < -0.39 is 5.60 Å². The molecule has 0 bridgehead atoms. The van der Waals surface area contributed by atoms with Gasteiger partial charge in [0.2, 0.25) is 0 Å². The fraction of sp³-hybridized carbons (Fsp3) is 0.571. The number of hydrogen-bond acceptors (Lipinski definition) is 3. The van der Waals surface area contributed by atoms with Gasteiger partial charge in [-0.15, -0.1) is 0 Å². The zero-order valence-corrected chi connectivity index (χ0v) is 10.7. The van der Waals surface area contributed by atoms with E-state index in [1.54, 1.807) is 7.11 Å². The Kier molecular flexibility index (Phi) is 3.15. The van der Waals surface area contributed by atoms with Gasteiger partial charge in [0, 0.05) is 12.8 Å². The van der Waals surface area contributed by atoms with Crippen LogP contribution in [-0.4, -0.2) is 24.4 Å². The van der Waals surface area contributed by atoms with E-state index in [1.807, 2.05) is 38.1 Å². The van der Waals surface area contributed by atoms with Crippen LogP contribution >= 0.6 is 0 Å². The largest absolute Gasteiger partial charge is 0.497 e. The smallest absolute Gasteiger partial charge is 0.119 e. The number of ether oxygens (including phenoxy) is 2. The van der Waals surface area contributed by atoms with Gasteiger partial charge in [-0.2, -0.15) is 0 Å². The van der Waals surface area contributed by atoms with Gasteiger partial charge in [0.1, 0.15) is 5.75 Å². The Bertz CT molecular complexity index is 400. The van der Waals surface area contributed by atoms with Crippen molar-refractivity contribution in [2.45, 2.75) is 37.9 Å². The molecule has 0 saturated carbocycles. The van der Waals surface area contributed by atoms with Crippen LogP contribution in [0.5, 0.6) is 5.75 Å². The van der Waals surface area contributed by atoms with Gasteiger partial charge in [-0.1, -0.05) is 12.1 Å². The predicted molar refractivity (Wildman–Crippen MR) is 66.2 cm³/mol. The first-order chi connectivity index (χ1) is 7.95. The van der Waals surface area contributed by atoms with Crippen molar-refractivity contribution in [3.8, 4) is 5.75 Å². The molecule has 1 aromatic carbocycles. The van der Waals surface area contributed by atoms with E-state index in [2.05, 4.69) is 0 Å². The molecule has 1 aromatic rings. The fourth-order valence-electron chi connectivity index (χ4n) is 2.50. The normalized spacial score (nSPS) is 27.8. The Balaban J connectivity index is 2.30. The van der Waals surface area contributed by atoms with Crippen molar-refractivity contribution in [2.75, 3.05) is 13.7 Å². The Labute approximate surface area is 102 Å². The van der Waals surface area contributed by atoms with E-state index in [0.29, 0.717) is 19.4 Å². The molecule has 3 heteroatoms. The van der Waals surface area contributed by atoms with E-state index >= 15 is 0 Å². The van der Waals surface area contributed by atoms with Crippen molar-refractivity contribution in [3.63, 3.8) is 0 Å². The lowest BCUT2D eigenvalue weighted by atomic mass is 9.79. The van der Waals surface area contributed by atoms with E-state index in [-0.39, 0.29) is 5.60 Å². The third kappa shape index (κ3) is 2.61. The summed E-state index contributed by atoms with van der Waals surface area (Å²) in [7, 11) is 1.64. The molecule has 0 spiro atoms. The van der Waals surface area contributed by atoms with Crippen LogP contribution in [0.15, 0.2) is 24.3 Å². The molecule has 0 aliphatic carbocycles. The summed E-state index contributed by atoms with van der Waals surface area (Å²) in [4.78, 5) is 0. The summed E-state index contributed by atoms with van der Waals surface area (Å²) in [5.74, 6) is 0.778. The summed E-state index contributed by atoms with van der Waals surface area (Å²) in [6, 6.07) is 7.65. The number of aliphatic hydroxyl groups is 1. The molecule has 0 radical (unpaired) electrons. The predicted octanol–water partition coefficient (Wildman–Crippen LogP) is 2.47. The highest BCUT2D eigenvalue weighted by Gasteiger charge is 2.40. The first kappa shape index (κ1) is 12.4. The molecular formula is C14H20O3. The molecule has 17 heavy (non-hydrogen) atoms. The lowest BCUT2D eigenvalue weighted by Crippen LogP contribution is -2.43. The Morgan fingerprint density at radius 2 is 2.12 bits per heavy atom. The second-order valence-corrected chi connectivity index (χ2v) is 5.30. The van der Waals surface area contributed by atoms with Crippen molar-refractivity contribution in [2.24, 2.45) is 0 Å². The van der Waals surface area contributed by atoms with Gasteiger partial charge in [0.25, 0.3) is 0 Å². The molecule has 1 atom stereocenters. The van der Waals surface area contributed by atoms with Gasteiger partial charge in [-0.3, -0.25) is 0 Å². The zero-order valence-electron chi connectivity index (χ0n) is 10.7. The third-order valence-electron chi connectivity index (χ3n) is 3.33. The van der Waals surface area contributed by atoms with Crippen LogP contribution in [0.4, 0.5) is 0 Å². The van der Waals surface area contributed by atoms with Gasteiger partial charge in [0.05, 0.1) is 24.9 Å². The highest BCUT2D eigenvalue weighted by atomic mass is 16.5. The minimum Gasteiger partial charge on any atom is -0.497 e. The Hall–Kier alpha value is -1.06. The van der Waals surface area contributed by atoms with Crippen molar-refractivity contribution < 1.29 is 14.6 Å². The van der Waals surface area contributed by atoms with Crippen LogP contribution in [0, 0.1) is 0 Å². The maximum Gasteiger partial charge on any atom is 0.119 e. The van der Waals surface area contributed by atoms with Gasteiger partial charge >= 0.3 is 0 Å². The van der Waals surface area contributed by atoms with Crippen molar-refractivity contribution in [1.29, 1.82) is 0 Å². The first-order valence-corrected chi connectivity index (χ1v) is 5.96. The van der Waals surface area contributed by atoms with Crippen LogP contribution in [-0.2, 0) is 10.3 Å². The molecule has 1 fully saturated rings. The summed E-state index contributed by atoms with van der Waals surface area (Å²) in [5, 5.41) is 10.8. The van der Waals surface area contributed by atoms with Crippen LogP contribution in [0.2, 0.25) is 0 Å². The summed E-state index contributed by atoms with van der Waals surface area (Å²) in [6.45, 7) is 4.61. The van der Waals surface area contributed by atoms with Crippen molar-refractivity contribution in [3.05, 3.63) is 29.8 Å². The van der Waals surface area contributed by atoms with Gasteiger partial charge in [-0.05, 0) is 31.5 Å². The molecule has 94 valence electrons. The average molecular weight is 236 g/mol. The van der Waals surface area contributed by atoms with Crippen LogP contribution in [0.1, 0.15) is 32.3 Å². The lowest BCUT2D eigenvalue weighted by molar-refractivity contribution is -0.148. The molecule has 2 rings (SSSR count). The van der Waals surface area contributed by atoms with Gasteiger partial charge in [-0.25, -0.2) is 0 Å². The summed E-state index contributed by atoms with van der Waals surface area (Å²) >= 11 is 0. The molecule has 1 heterocycles. The fourth-order valence-corrected chi connectivity index (χ4v) is 2.50. The maximum atomic E-state index is 10.8. The summed E-state index contributed by atoms with van der Waals surface area (Å²) in [5.41, 5.74) is -0.181. The van der Waals surface area contributed by atoms with Crippen LogP contribution in [0.3, 0.4) is 0 Å². The van der Waals surface area contributed by atoms with Crippen molar-refractivity contribution in [1.82, 2.24) is 0 Å². The quantitative estimate of drug-likeness (QED) is 0.857. The molecule has 1 unspecified atom stereocenters. The van der Waals surface area contributed by atoms with E-state index in [0.717, 1.165) is 11.3 Å². The molecule has 1 saturated heterocycles. The topological polar surface area (TPSA) is 38.7 Å². The standard InChI is InChI=1S/C14H20O3/c1-13(2)10-14(15,7-8-17-13)11-5-4-6-12(9-11)16-3/h4-6,9,15H,7-8,10H2,1-3H3. The maximum absolute atomic E-state index is 10.8. The van der Waals surface area contributed by atoms with Gasteiger partial charge in [0.15, 0.2) is 0 Å². The molecule has 0 amide bonds. The molecule has 0 aromatic heterocycles. The molecule has 1 aliphatic rings. The number of rotatable bonds is 2. The highest BCUT2D eigenvalue weighted by Crippen LogP contribution is 2.40. The average Bonchev–Trinajstić information content (AvgIpc) is 2.27. The van der Waals surface area contributed by atoms with Crippen LogP contribution in [0.25, 0.3) is 0 Å². The number of methoxy groups -OCH3 is 1. The Morgan fingerprint density at radius 1 is 1.35 bits per heavy atom. The second-order valence-electron chi connectivity index (χ2n) is 5.30. The molecule has 1 N–H and O–H groups in total. The van der Waals surface area contributed by atoms with E-state index in [9.17, 15) is 5.11 Å². The first-order valence-electron chi connectivity index (χ1n) is 5.96.